The molecule has 1 N–H and O–H groups in total. The topological polar surface area (TPSA) is 81.7 Å². The van der Waals surface area contributed by atoms with E-state index in [2.05, 4.69) is 5.32 Å². The van der Waals surface area contributed by atoms with Crippen molar-refractivity contribution >= 4 is 34.9 Å². The third-order valence-corrected chi connectivity index (χ3v) is 3.94. The van der Waals surface area contributed by atoms with Crippen LogP contribution in [0.5, 0.6) is 0 Å². The van der Waals surface area contributed by atoms with E-state index in [9.17, 15) is 14.4 Å². The summed E-state index contributed by atoms with van der Waals surface area (Å²) in [7, 11) is 0. The van der Waals surface area contributed by atoms with E-state index in [0.717, 1.165) is 4.88 Å². The summed E-state index contributed by atoms with van der Waals surface area (Å²) >= 11 is 1.31. The minimum Gasteiger partial charge on any atom is -0.462 e. The zero-order chi connectivity index (χ0) is 17.5. The lowest BCUT2D eigenvalue weighted by molar-refractivity contribution is -0.119. The van der Waals surface area contributed by atoms with Crippen molar-refractivity contribution in [1.82, 2.24) is 0 Å². The van der Waals surface area contributed by atoms with E-state index in [4.69, 9.17) is 9.47 Å². The molecule has 0 aliphatic heterocycles. The number of carbonyl (C=O) groups is 3. The summed E-state index contributed by atoms with van der Waals surface area (Å²) in [5, 5.41) is 2.59. The fourth-order valence-electron chi connectivity index (χ4n) is 1.85. The first-order chi connectivity index (χ1) is 11.5. The molecule has 0 radical (unpaired) electrons. The molecule has 0 spiro atoms. The van der Waals surface area contributed by atoms with Crippen molar-refractivity contribution in [3.8, 4) is 0 Å². The lowest BCUT2D eigenvalue weighted by Gasteiger charge is -2.07. The Labute approximate surface area is 143 Å². The number of amides is 1. The van der Waals surface area contributed by atoms with Crippen LogP contribution < -0.4 is 5.32 Å². The Hall–Kier alpha value is -2.67. The number of thiophene rings is 1. The first-order valence-electron chi connectivity index (χ1n) is 7.30. The van der Waals surface area contributed by atoms with Crippen LogP contribution in [0.4, 0.5) is 5.69 Å². The highest BCUT2D eigenvalue weighted by Gasteiger charge is 2.12. The second kappa shape index (κ2) is 8.26. The van der Waals surface area contributed by atoms with Gasteiger partial charge in [0.15, 0.2) is 6.61 Å². The molecular formula is C17H17NO5S. The lowest BCUT2D eigenvalue weighted by atomic mass is 10.2. The Balaban J connectivity index is 1.84. The number of aryl methyl sites for hydroxylation is 1. The van der Waals surface area contributed by atoms with Crippen molar-refractivity contribution in [2.24, 2.45) is 0 Å². The van der Waals surface area contributed by atoms with Gasteiger partial charge in [0.2, 0.25) is 0 Å². The second-order valence-electron chi connectivity index (χ2n) is 4.83. The molecule has 2 rings (SSSR count). The molecule has 1 aromatic carbocycles. The van der Waals surface area contributed by atoms with Crippen LogP contribution in [0.1, 0.15) is 31.8 Å². The minimum absolute atomic E-state index is 0.298. The predicted molar refractivity (Wildman–Crippen MR) is 90.4 cm³/mol. The fourth-order valence-corrected chi connectivity index (χ4v) is 2.61. The summed E-state index contributed by atoms with van der Waals surface area (Å²) in [6.45, 7) is 3.53. The maximum Gasteiger partial charge on any atom is 0.348 e. The summed E-state index contributed by atoms with van der Waals surface area (Å²) in [5.74, 6) is -1.41. The fraction of sp³-hybridized carbons (Fsp3) is 0.235. The molecule has 0 atom stereocenters. The van der Waals surface area contributed by atoms with Gasteiger partial charge in [0.05, 0.1) is 12.2 Å². The minimum atomic E-state index is -0.527. The molecule has 1 heterocycles. The van der Waals surface area contributed by atoms with Gasteiger partial charge in [0, 0.05) is 10.6 Å². The first-order valence-corrected chi connectivity index (χ1v) is 8.12. The SMILES string of the molecule is CCOC(=O)c1ccc(NC(=O)COC(=O)c2ccc(C)s2)cc1. The molecule has 0 unspecified atom stereocenters. The number of hydrogen-bond acceptors (Lipinski definition) is 6. The average Bonchev–Trinajstić information content (AvgIpc) is 3.00. The Morgan fingerprint density at radius 1 is 1.00 bits per heavy atom. The van der Waals surface area contributed by atoms with Crippen molar-refractivity contribution in [3.63, 3.8) is 0 Å². The molecule has 0 aliphatic rings. The van der Waals surface area contributed by atoms with Crippen LogP contribution in [0.15, 0.2) is 36.4 Å². The number of benzene rings is 1. The molecule has 0 saturated carbocycles. The van der Waals surface area contributed by atoms with Crippen molar-refractivity contribution in [2.75, 3.05) is 18.5 Å². The quantitative estimate of drug-likeness (QED) is 0.812. The van der Waals surface area contributed by atoms with Gasteiger partial charge in [-0.05, 0) is 50.2 Å². The summed E-state index contributed by atoms with van der Waals surface area (Å²) in [6.07, 6.45) is 0. The maximum absolute atomic E-state index is 11.8. The van der Waals surface area contributed by atoms with Gasteiger partial charge in [-0.1, -0.05) is 0 Å². The third kappa shape index (κ3) is 4.92. The number of nitrogens with one attached hydrogen (secondary N) is 1. The molecule has 2 aromatic rings. The highest BCUT2D eigenvalue weighted by molar-refractivity contribution is 7.13. The Morgan fingerprint density at radius 2 is 1.71 bits per heavy atom. The first kappa shape index (κ1) is 17.7. The van der Waals surface area contributed by atoms with Crippen LogP contribution in [0.25, 0.3) is 0 Å². The molecule has 126 valence electrons. The molecule has 1 aromatic heterocycles. The number of carbonyl (C=O) groups excluding carboxylic acids is 3. The van der Waals surface area contributed by atoms with E-state index in [0.29, 0.717) is 22.7 Å². The third-order valence-electron chi connectivity index (χ3n) is 2.96. The average molecular weight is 347 g/mol. The summed E-state index contributed by atoms with van der Waals surface area (Å²) in [5.41, 5.74) is 0.894. The molecule has 0 fully saturated rings. The molecule has 0 aliphatic carbocycles. The Bertz CT molecular complexity index is 736. The zero-order valence-electron chi connectivity index (χ0n) is 13.3. The van der Waals surface area contributed by atoms with Gasteiger partial charge in [-0.2, -0.15) is 0 Å². The van der Waals surface area contributed by atoms with Gasteiger partial charge < -0.3 is 14.8 Å². The van der Waals surface area contributed by atoms with Gasteiger partial charge >= 0.3 is 11.9 Å². The van der Waals surface area contributed by atoms with Gasteiger partial charge in [-0.15, -0.1) is 11.3 Å². The number of ether oxygens (including phenoxy) is 2. The monoisotopic (exact) mass is 347 g/mol. The lowest BCUT2D eigenvalue weighted by Crippen LogP contribution is -2.20. The molecule has 7 heteroatoms. The number of hydrogen-bond donors (Lipinski definition) is 1. The van der Waals surface area contributed by atoms with Gasteiger partial charge in [0.1, 0.15) is 4.88 Å². The van der Waals surface area contributed by atoms with E-state index in [1.807, 2.05) is 13.0 Å². The highest BCUT2D eigenvalue weighted by Crippen LogP contribution is 2.16. The van der Waals surface area contributed by atoms with E-state index < -0.39 is 17.8 Å². The standard InChI is InChI=1S/C17H17NO5S/c1-3-22-16(20)12-5-7-13(8-6-12)18-15(19)10-23-17(21)14-9-4-11(2)24-14/h4-9H,3,10H2,1-2H3,(H,18,19). The summed E-state index contributed by atoms with van der Waals surface area (Å²) < 4.78 is 9.83. The largest absolute Gasteiger partial charge is 0.462 e. The van der Waals surface area contributed by atoms with Crippen molar-refractivity contribution in [3.05, 3.63) is 51.7 Å². The predicted octanol–water partition coefficient (Wildman–Crippen LogP) is 3.03. The van der Waals surface area contributed by atoms with Crippen molar-refractivity contribution in [2.45, 2.75) is 13.8 Å². The molecule has 24 heavy (non-hydrogen) atoms. The van der Waals surface area contributed by atoms with Gasteiger partial charge in [-0.3, -0.25) is 4.79 Å². The van der Waals surface area contributed by atoms with Crippen LogP contribution >= 0.6 is 11.3 Å². The second-order valence-corrected chi connectivity index (χ2v) is 6.12. The smallest absolute Gasteiger partial charge is 0.348 e. The van der Waals surface area contributed by atoms with E-state index in [1.54, 1.807) is 37.3 Å². The molecule has 0 bridgehead atoms. The maximum atomic E-state index is 11.8. The van der Waals surface area contributed by atoms with Crippen LogP contribution in [0.3, 0.4) is 0 Å². The molecular weight excluding hydrogens is 330 g/mol. The van der Waals surface area contributed by atoms with Crippen LogP contribution in [-0.2, 0) is 14.3 Å². The summed E-state index contributed by atoms with van der Waals surface area (Å²) in [4.78, 5) is 36.5. The number of rotatable bonds is 6. The van der Waals surface area contributed by atoms with Crippen LogP contribution in [0, 0.1) is 6.92 Å². The van der Waals surface area contributed by atoms with Crippen molar-refractivity contribution in [1.29, 1.82) is 0 Å². The molecule has 6 nitrogen and oxygen atoms in total. The van der Waals surface area contributed by atoms with Crippen molar-refractivity contribution < 1.29 is 23.9 Å². The van der Waals surface area contributed by atoms with Gasteiger partial charge in [0.25, 0.3) is 5.91 Å². The number of anilines is 1. The summed E-state index contributed by atoms with van der Waals surface area (Å²) in [6, 6.07) is 9.73. The number of esters is 2. The Morgan fingerprint density at radius 3 is 2.29 bits per heavy atom. The molecule has 1 amide bonds. The molecule has 0 saturated heterocycles. The highest BCUT2D eigenvalue weighted by atomic mass is 32.1. The van der Waals surface area contributed by atoms with E-state index in [1.165, 1.54) is 11.3 Å². The van der Waals surface area contributed by atoms with E-state index >= 15 is 0 Å². The van der Waals surface area contributed by atoms with Crippen LogP contribution in [-0.4, -0.2) is 31.1 Å². The van der Waals surface area contributed by atoms with Gasteiger partial charge in [-0.25, -0.2) is 9.59 Å². The normalized spacial score (nSPS) is 10.1. The zero-order valence-corrected chi connectivity index (χ0v) is 14.1. The van der Waals surface area contributed by atoms with Crippen LogP contribution in [0.2, 0.25) is 0 Å². The van der Waals surface area contributed by atoms with E-state index in [-0.39, 0.29) is 6.61 Å². The Kier molecular flexibility index (Phi) is 6.08.